The summed E-state index contributed by atoms with van der Waals surface area (Å²) >= 11 is 0. The lowest BCUT2D eigenvalue weighted by Crippen LogP contribution is -2.25. The molecule has 0 aliphatic carbocycles. The van der Waals surface area contributed by atoms with Gasteiger partial charge in [-0.15, -0.1) is 0 Å². The molecule has 0 saturated carbocycles. The van der Waals surface area contributed by atoms with Gasteiger partial charge in [-0.2, -0.15) is 0 Å². The molecule has 0 aromatic carbocycles. The lowest BCUT2D eigenvalue weighted by molar-refractivity contribution is -0.162. The minimum Gasteiger partial charge on any atom is -0.385 e. The van der Waals surface area contributed by atoms with Crippen LogP contribution in [0.2, 0.25) is 0 Å². The van der Waals surface area contributed by atoms with Crippen molar-refractivity contribution in [2.24, 2.45) is 0 Å². The maximum atomic E-state index is 10.3. The molecule has 0 atom stereocenters. The molecule has 0 spiro atoms. The largest absolute Gasteiger partial charge is 0.385 e. The monoisotopic (exact) mass is 281 g/mol. The molecule has 19 heavy (non-hydrogen) atoms. The number of hydroxylamine groups is 2. The summed E-state index contributed by atoms with van der Waals surface area (Å²) in [5, 5.41) is 9.48. The summed E-state index contributed by atoms with van der Waals surface area (Å²) in [7, 11) is 3.36. The van der Waals surface area contributed by atoms with E-state index in [0.717, 1.165) is 31.1 Å². The van der Waals surface area contributed by atoms with Crippen LogP contribution < -0.4 is 0 Å². The molecule has 0 bridgehead atoms. The number of hydrogen-bond acceptors (Lipinski definition) is 5. The number of unbranched alkanes of at least 4 members (excludes halogenated alkanes) is 1. The van der Waals surface area contributed by atoms with Crippen LogP contribution in [0.4, 0.5) is 0 Å². The Labute approximate surface area is 117 Å². The number of methoxy groups -OCH3 is 2. The number of amides is 1. The van der Waals surface area contributed by atoms with Gasteiger partial charge in [-0.25, -0.2) is 5.06 Å². The highest BCUT2D eigenvalue weighted by atomic mass is 16.5. The van der Waals surface area contributed by atoms with E-state index in [1.54, 1.807) is 14.2 Å². The van der Waals surface area contributed by atoms with Gasteiger partial charge >= 0.3 is 0 Å². The summed E-state index contributed by atoms with van der Waals surface area (Å²) in [6.07, 6.45) is 1.85. The number of rotatable bonds is 5. The van der Waals surface area contributed by atoms with Crippen molar-refractivity contribution in [3.05, 3.63) is 0 Å². The van der Waals surface area contributed by atoms with E-state index < -0.39 is 0 Å². The second-order valence-corrected chi connectivity index (χ2v) is 3.15. The minimum absolute atomic E-state index is 0.288. The van der Waals surface area contributed by atoms with Gasteiger partial charge in [0.05, 0.1) is 0 Å². The summed E-state index contributed by atoms with van der Waals surface area (Å²) in [4.78, 5) is 18.3. The Morgan fingerprint density at radius 2 is 1.42 bits per heavy atom. The third-order valence-electron chi connectivity index (χ3n) is 1.66. The zero-order valence-corrected chi connectivity index (χ0v) is 13.3. The van der Waals surface area contributed by atoms with Gasteiger partial charge in [0.1, 0.15) is 6.79 Å². The van der Waals surface area contributed by atoms with Gasteiger partial charge in [-0.3, -0.25) is 10.0 Å². The van der Waals surface area contributed by atoms with E-state index in [1.165, 1.54) is 6.92 Å². The predicted molar refractivity (Wildman–Crippen MR) is 76.3 cm³/mol. The SMILES string of the molecule is C=O.CCCCN(O)C(C)=O.CCOC.CCOC. The molecule has 6 heteroatoms. The molecule has 0 aromatic rings. The molecular weight excluding hydrogens is 250 g/mol. The smallest absolute Gasteiger partial charge is 0.242 e. The van der Waals surface area contributed by atoms with E-state index in [9.17, 15) is 4.79 Å². The van der Waals surface area contributed by atoms with E-state index in [2.05, 4.69) is 9.47 Å². The van der Waals surface area contributed by atoms with Crippen molar-refractivity contribution in [1.82, 2.24) is 5.06 Å². The molecule has 0 fully saturated rings. The first kappa shape index (κ1) is 26.6. The average Bonchev–Trinajstić information content (AvgIpc) is 2.47. The Bertz CT molecular complexity index is 148. The molecule has 0 aromatic heterocycles. The first-order valence-corrected chi connectivity index (χ1v) is 6.25. The van der Waals surface area contributed by atoms with Crippen LogP contribution >= 0.6 is 0 Å². The van der Waals surface area contributed by atoms with Crippen molar-refractivity contribution in [2.75, 3.05) is 34.0 Å². The Balaban J connectivity index is -0.0000000944. The van der Waals surface area contributed by atoms with Crippen LogP contribution in [-0.2, 0) is 19.1 Å². The van der Waals surface area contributed by atoms with Crippen molar-refractivity contribution in [2.45, 2.75) is 40.5 Å². The summed E-state index contributed by atoms with van der Waals surface area (Å²) in [5.74, 6) is -0.288. The standard InChI is InChI=1S/C6H13NO2.2C3H8O.CH2O/c1-3-4-5-7(9)6(2)8;2*1-3-4-2;1-2/h9H,3-5H2,1-2H3;2*3H2,1-2H3;1H2. The highest BCUT2D eigenvalue weighted by Crippen LogP contribution is 1.90. The fourth-order valence-corrected chi connectivity index (χ4v) is 0.465. The van der Waals surface area contributed by atoms with Gasteiger partial charge in [0.25, 0.3) is 0 Å². The Morgan fingerprint density at radius 3 is 1.58 bits per heavy atom. The van der Waals surface area contributed by atoms with Crippen LogP contribution in [0.15, 0.2) is 0 Å². The van der Waals surface area contributed by atoms with Gasteiger partial charge in [0.15, 0.2) is 0 Å². The van der Waals surface area contributed by atoms with E-state index >= 15 is 0 Å². The average molecular weight is 281 g/mol. The third-order valence-corrected chi connectivity index (χ3v) is 1.66. The van der Waals surface area contributed by atoms with E-state index in [-0.39, 0.29) is 5.91 Å². The first-order valence-electron chi connectivity index (χ1n) is 6.25. The van der Waals surface area contributed by atoms with Crippen LogP contribution in [0.1, 0.15) is 40.5 Å². The first-order chi connectivity index (χ1) is 9.01. The molecule has 0 rings (SSSR count). The zero-order valence-electron chi connectivity index (χ0n) is 13.3. The number of carbonyl (C=O) groups is 2. The third kappa shape index (κ3) is 47.2. The van der Waals surface area contributed by atoms with E-state index in [0.29, 0.717) is 6.54 Å². The Morgan fingerprint density at radius 1 is 1.11 bits per heavy atom. The fraction of sp³-hybridized carbons (Fsp3) is 0.846. The van der Waals surface area contributed by atoms with Gasteiger partial charge in [0, 0.05) is 40.9 Å². The quantitative estimate of drug-likeness (QED) is 0.617. The molecule has 118 valence electrons. The second-order valence-electron chi connectivity index (χ2n) is 3.15. The highest BCUT2D eigenvalue weighted by Gasteiger charge is 2.00. The van der Waals surface area contributed by atoms with Crippen LogP contribution in [0, 0.1) is 0 Å². The van der Waals surface area contributed by atoms with Crippen molar-refractivity contribution < 1.29 is 24.3 Å². The minimum atomic E-state index is -0.288. The molecule has 0 saturated heterocycles. The highest BCUT2D eigenvalue weighted by molar-refractivity contribution is 5.71. The van der Waals surface area contributed by atoms with Crippen LogP contribution in [-0.4, -0.2) is 56.9 Å². The van der Waals surface area contributed by atoms with Crippen LogP contribution in [0.5, 0.6) is 0 Å². The summed E-state index contributed by atoms with van der Waals surface area (Å²) in [6, 6.07) is 0. The molecule has 0 aliphatic rings. The second kappa shape index (κ2) is 30.2. The van der Waals surface area contributed by atoms with Crippen molar-refractivity contribution >= 4 is 12.7 Å². The molecular formula is C13H31NO5. The topological polar surface area (TPSA) is 76.1 Å². The van der Waals surface area contributed by atoms with Crippen LogP contribution in [0.3, 0.4) is 0 Å². The summed E-state index contributed by atoms with van der Waals surface area (Å²) in [5.41, 5.74) is 0. The summed E-state index contributed by atoms with van der Waals surface area (Å²) in [6.45, 7) is 11.4. The maximum Gasteiger partial charge on any atom is 0.242 e. The lowest BCUT2D eigenvalue weighted by Gasteiger charge is -2.10. The van der Waals surface area contributed by atoms with E-state index in [4.69, 9.17) is 10.0 Å². The molecule has 1 amide bonds. The normalized spacial score (nSPS) is 7.74. The predicted octanol–water partition coefficient (Wildman–Crippen LogP) is 2.14. The van der Waals surface area contributed by atoms with Crippen molar-refractivity contribution in [3.8, 4) is 0 Å². The van der Waals surface area contributed by atoms with E-state index in [1.807, 2.05) is 27.6 Å². The van der Waals surface area contributed by atoms with Gasteiger partial charge in [-0.05, 0) is 20.3 Å². The van der Waals surface area contributed by atoms with Crippen LogP contribution in [0.25, 0.3) is 0 Å². The summed E-state index contributed by atoms with van der Waals surface area (Å²) < 4.78 is 9.08. The lowest BCUT2D eigenvalue weighted by atomic mass is 10.3. The molecule has 0 heterocycles. The van der Waals surface area contributed by atoms with Gasteiger partial charge in [0.2, 0.25) is 5.91 Å². The molecule has 0 aliphatic heterocycles. The number of hydrogen-bond donors (Lipinski definition) is 1. The fourth-order valence-electron chi connectivity index (χ4n) is 0.465. The maximum absolute atomic E-state index is 10.3. The van der Waals surface area contributed by atoms with Gasteiger partial charge < -0.3 is 14.3 Å². The Kier molecular flexibility index (Phi) is 42.3. The molecule has 1 N–H and O–H groups in total. The molecule has 6 nitrogen and oxygen atoms in total. The molecule has 0 radical (unpaired) electrons. The van der Waals surface area contributed by atoms with Crippen molar-refractivity contribution in [1.29, 1.82) is 0 Å². The Hall–Kier alpha value is -0.980. The number of carbonyl (C=O) groups excluding carboxylic acids is 2. The van der Waals surface area contributed by atoms with Gasteiger partial charge in [-0.1, -0.05) is 13.3 Å². The zero-order chi connectivity index (χ0) is 16.1. The van der Waals surface area contributed by atoms with Crippen molar-refractivity contribution in [3.63, 3.8) is 0 Å². The molecule has 0 unspecified atom stereocenters. The number of nitrogens with zero attached hydrogens (tertiary/aromatic N) is 1. The number of ether oxygens (including phenoxy) is 2.